The van der Waals surface area contributed by atoms with Crippen molar-refractivity contribution in [1.29, 1.82) is 0 Å². The van der Waals surface area contributed by atoms with E-state index >= 15 is 0 Å². The van der Waals surface area contributed by atoms with Gasteiger partial charge in [0.2, 0.25) is 0 Å². The summed E-state index contributed by atoms with van der Waals surface area (Å²) in [5.74, 6) is 0.537. The van der Waals surface area contributed by atoms with E-state index in [9.17, 15) is 0 Å². The lowest BCUT2D eigenvalue weighted by molar-refractivity contribution is 0.410. The van der Waals surface area contributed by atoms with E-state index in [1.807, 2.05) is 6.20 Å². The van der Waals surface area contributed by atoms with Crippen LogP contribution in [-0.4, -0.2) is 46.0 Å². The number of hydrogen-bond donors (Lipinski definition) is 0. The molecule has 0 N–H and O–H groups in total. The molecule has 1 unspecified atom stereocenters. The first kappa shape index (κ1) is 15.9. The van der Waals surface area contributed by atoms with Crippen LogP contribution in [0.15, 0.2) is 24.7 Å². The van der Waals surface area contributed by atoms with Gasteiger partial charge in [-0.15, -0.1) is 0 Å². The number of pyridine rings is 1. The first-order chi connectivity index (χ1) is 12.7. The normalized spacial score (nSPS) is 24.8. The Morgan fingerprint density at radius 3 is 2.92 bits per heavy atom. The maximum atomic E-state index is 4.74. The third-order valence-corrected chi connectivity index (χ3v) is 6.15. The maximum Gasteiger partial charge on any atom is 0.115 e. The molecule has 3 aliphatic rings. The Balaban J connectivity index is 1.54. The fraction of sp³-hybridized carbons (Fsp3) is 0.476. The first-order valence-electron chi connectivity index (χ1n) is 9.63. The number of rotatable bonds is 2. The highest BCUT2D eigenvalue weighted by molar-refractivity contribution is 5.73. The molecule has 5 rings (SSSR count). The predicted octanol–water partition coefficient (Wildman–Crippen LogP) is 2.81. The van der Waals surface area contributed by atoms with Gasteiger partial charge in [-0.25, -0.2) is 9.97 Å². The van der Waals surface area contributed by atoms with E-state index in [2.05, 4.69) is 52.0 Å². The molecule has 2 aromatic rings. The van der Waals surface area contributed by atoms with Gasteiger partial charge < -0.3 is 9.80 Å². The Labute approximate surface area is 154 Å². The van der Waals surface area contributed by atoms with Crippen molar-refractivity contribution in [3.8, 4) is 0 Å². The molecule has 0 aromatic carbocycles. The van der Waals surface area contributed by atoms with Crippen LogP contribution >= 0.6 is 0 Å². The molecule has 134 valence electrons. The van der Waals surface area contributed by atoms with Gasteiger partial charge in [-0.1, -0.05) is 12.2 Å². The highest BCUT2D eigenvalue weighted by Gasteiger charge is 2.32. The molecule has 4 heterocycles. The molecular weight excluding hydrogens is 322 g/mol. The minimum Gasteiger partial charge on any atom is -0.363 e. The lowest BCUT2D eigenvalue weighted by Crippen LogP contribution is -2.40. The molecule has 0 spiro atoms. The third-order valence-electron chi connectivity index (χ3n) is 6.15. The monoisotopic (exact) mass is 347 g/mol. The fourth-order valence-corrected chi connectivity index (χ4v) is 4.75. The summed E-state index contributed by atoms with van der Waals surface area (Å²) in [5.41, 5.74) is 7.68. The molecule has 5 nitrogen and oxygen atoms in total. The van der Waals surface area contributed by atoms with Crippen LogP contribution in [0.2, 0.25) is 0 Å². The Bertz CT molecular complexity index is 875. The molecule has 1 fully saturated rings. The van der Waals surface area contributed by atoms with E-state index in [1.54, 1.807) is 6.33 Å². The first-order valence-corrected chi connectivity index (χ1v) is 9.63. The Hall–Kier alpha value is -2.27. The van der Waals surface area contributed by atoms with Crippen molar-refractivity contribution in [2.75, 3.05) is 25.0 Å². The number of allylic oxidation sites excluding steroid dienone is 1. The summed E-state index contributed by atoms with van der Waals surface area (Å²) < 4.78 is 0. The SMILES string of the molecule is C[C@@H]1Cc2ncnc(C3CCN(C)C3)c2CN1c1ccnc2c1C=CC2. The van der Waals surface area contributed by atoms with Crippen molar-refractivity contribution in [3.05, 3.63) is 52.9 Å². The lowest BCUT2D eigenvalue weighted by Gasteiger charge is -2.38. The highest BCUT2D eigenvalue weighted by Crippen LogP contribution is 2.37. The third kappa shape index (κ3) is 2.53. The van der Waals surface area contributed by atoms with E-state index in [0.717, 1.165) is 32.5 Å². The fourth-order valence-electron chi connectivity index (χ4n) is 4.75. The number of hydrogen-bond acceptors (Lipinski definition) is 5. The van der Waals surface area contributed by atoms with E-state index in [0.29, 0.717) is 12.0 Å². The second-order valence-electron chi connectivity index (χ2n) is 7.91. The van der Waals surface area contributed by atoms with Crippen LogP contribution in [-0.2, 0) is 19.4 Å². The van der Waals surface area contributed by atoms with Crippen LogP contribution in [0.25, 0.3) is 6.08 Å². The smallest absolute Gasteiger partial charge is 0.115 e. The van der Waals surface area contributed by atoms with Crippen LogP contribution in [0.1, 0.15) is 47.5 Å². The van der Waals surface area contributed by atoms with Crippen LogP contribution in [0, 0.1) is 0 Å². The van der Waals surface area contributed by atoms with Gasteiger partial charge in [0.15, 0.2) is 0 Å². The maximum absolute atomic E-state index is 4.74. The molecule has 0 radical (unpaired) electrons. The molecule has 26 heavy (non-hydrogen) atoms. The largest absolute Gasteiger partial charge is 0.363 e. The van der Waals surface area contributed by atoms with Crippen molar-refractivity contribution >= 4 is 11.8 Å². The van der Waals surface area contributed by atoms with Crippen molar-refractivity contribution in [1.82, 2.24) is 19.9 Å². The van der Waals surface area contributed by atoms with E-state index in [1.165, 1.54) is 40.3 Å². The van der Waals surface area contributed by atoms with Gasteiger partial charge in [0, 0.05) is 60.9 Å². The Morgan fingerprint density at radius 1 is 1.15 bits per heavy atom. The zero-order valence-corrected chi connectivity index (χ0v) is 15.5. The minimum absolute atomic E-state index is 0.428. The molecule has 2 atom stereocenters. The molecule has 0 amide bonds. The quantitative estimate of drug-likeness (QED) is 0.836. The van der Waals surface area contributed by atoms with E-state index in [4.69, 9.17) is 4.98 Å². The topological polar surface area (TPSA) is 45.2 Å². The summed E-state index contributed by atoms with van der Waals surface area (Å²) in [6.45, 7) is 5.47. The number of fused-ring (bicyclic) bond motifs is 2. The number of likely N-dealkylation sites (tertiary alicyclic amines) is 1. The van der Waals surface area contributed by atoms with Crippen LogP contribution in [0.3, 0.4) is 0 Å². The van der Waals surface area contributed by atoms with Gasteiger partial charge >= 0.3 is 0 Å². The number of likely N-dealkylation sites (N-methyl/N-ethyl adjacent to an activating group) is 1. The van der Waals surface area contributed by atoms with E-state index in [-0.39, 0.29) is 0 Å². The molecule has 5 heteroatoms. The summed E-state index contributed by atoms with van der Waals surface area (Å²) in [5, 5.41) is 0. The van der Waals surface area contributed by atoms with Gasteiger partial charge in [-0.3, -0.25) is 4.98 Å². The minimum atomic E-state index is 0.428. The van der Waals surface area contributed by atoms with Crippen LogP contribution in [0.5, 0.6) is 0 Å². The van der Waals surface area contributed by atoms with Gasteiger partial charge in [0.25, 0.3) is 0 Å². The van der Waals surface area contributed by atoms with Gasteiger partial charge in [-0.05, 0) is 33.0 Å². The molecule has 0 bridgehead atoms. The lowest BCUT2D eigenvalue weighted by atomic mass is 9.91. The number of nitrogens with zero attached hydrogens (tertiary/aromatic N) is 5. The number of anilines is 1. The average molecular weight is 347 g/mol. The van der Waals surface area contributed by atoms with Crippen molar-refractivity contribution in [2.24, 2.45) is 0 Å². The Kier molecular flexibility index (Phi) is 3.78. The van der Waals surface area contributed by atoms with Gasteiger partial charge in [0.05, 0.1) is 17.1 Å². The summed E-state index contributed by atoms with van der Waals surface area (Å²) in [6.07, 6.45) is 11.3. The Morgan fingerprint density at radius 2 is 2.08 bits per heavy atom. The highest BCUT2D eigenvalue weighted by atomic mass is 15.2. The molecule has 2 aromatic heterocycles. The molecule has 0 saturated carbocycles. The summed E-state index contributed by atoms with van der Waals surface area (Å²) in [4.78, 5) is 18.9. The molecule has 1 saturated heterocycles. The second kappa shape index (κ2) is 6.16. The molecule has 2 aliphatic heterocycles. The molecular formula is C21H25N5. The van der Waals surface area contributed by atoms with Crippen LogP contribution in [0.4, 0.5) is 5.69 Å². The zero-order chi connectivity index (χ0) is 17.7. The summed E-state index contributed by atoms with van der Waals surface area (Å²) >= 11 is 0. The second-order valence-corrected chi connectivity index (χ2v) is 7.91. The molecule has 1 aliphatic carbocycles. The van der Waals surface area contributed by atoms with Gasteiger partial charge in [0.1, 0.15) is 6.33 Å². The predicted molar refractivity (Wildman–Crippen MR) is 103 cm³/mol. The van der Waals surface area contributed by atoms with Crippen LogP contribution < -0.4 is 4.90 Å². The number of aromatic nitrogens is 3. The van der Waals surface area contributed by atoms with E-state index < -0.39 is 0 Å². The standard InChI is InChI=1S/C21H25N5/c1-14-10-19-17(21(24-13-23-19)15-7-9-25(2)11-15)12-26(14)20-6-8-22-18-5-3-4-16(18)20/h3-4,6,8,13-15H,5,7,9-12H2,1-2H3/t14-,15?/m1/s1. The zero-order valence-electron chi connectivity index (χ0n) is 15.5. The average Bonchev–Trinajstić information content (AvgIpc) is 3.29. The van der Waals surface area contributed by atoms with Gasteiger partial charge in [-0.2, -0.15) is 0 Å². The van der Waals surface area contributed by atoms with Crippen molar-refractivity contribution in [3.63, 3.8) is 0 Å². The van der Waals surface area contributed by atoms with Crippen molar-refractivity contribution in [2.45, 2.75) is 44.7 Å². The summed E-state index contributed by atoms with van der Waals surface area (Å²) in [7, 11) is 2.20. The summed E-state index contributed by atoms with van der Waals surface area (Å²) in [6, 6.07) is 2.60. The van der Waals surface area contributed by atoms with Crippen molar-refractivity contribution < 1.29 is 0 Å².